The number of nitrogens with one attached hydrogen (secondary N) is 1. The van der Waals surface area contributed by atoms with E-state index in [1.54, 1.807) is 23.2 Å². The largest absolute Gasteiger partial charge is 0.496 e. The highest BCUT2D eigenvalue weighted by atomic mass is 35.5. The summed E-state index contributed by atoms with van der Waals surface area (Å²) in [5.74, 6) is 4.47. The van der Waals surface area contributed by atoms with E-state index in [4.69, 9.17) is 26.1 Å². The molecule has 0 aliphatic carbocycles. The average molecular weight is 693 g/mol. The number of esters is 1. The van der Waals surface area contributed by atoms with Crippen LogP contribution >= 0.6 is 22.9 Å². The fraction of sp³-hybridized carbons (Fsp3) is 0.303. The number of hydrogen-bond donors (Lipinski definition) is 2. The average Bonchev–Trinajstić information content (AvgIpc) is 3.72. The second-order valence-electron chi connectivity index (χ2n) is 11.2. The predicted molar refractivity (Wildman–Crippen MR) is 176 cm³/mol. The van der Waals surface area contributed by atoms with Gasteiger partial charge in [0.2, 0.25) is 0 Å². The number of benzene rings is 2. The van der Waals surface area contributed by atoms with Crippen molar-refractivity contribution in [3.63, 3.8) is 0 Å². The number of urea groups is 1. The molecule has 0 radical (unpaired) electrons. The Hall–Kier alpha value is -4.97. The molecule has 2 saturated heterocycles. The molecule has 48 heavy (non-hydrogen) atoms. The number of carbonyl (C=O) groups is 3. The molecule has 2 unspecified atom stereocenters. The summed E-state index contributed by atoms with van der Waals surface area (Å²) in [4.78, 5) is 52.7. The standard InChI is InChI=1S/C33H30ClFN6O6S/c1-46-26-14-19(5-7-23(26)31(42)43)4-3-10-40-17-21-16-39(11-12-41(21)33(40)45)18-25-27(32(44)47-2)28(22-8-6-20(35)15-24(22)34)38-29(37-25)30-36-9-13-48-30/h5-9,13-15,21,28H,10-12,16-18H2,1-2H3,(H,37,38)(H,42,43). The van der Waals surface area contributed by atoms with E-state index in [9.17, 15) is 23.9 Å². The zero-order valence-electron chi connectivity index (χ0n) is 25.9. The van der Waals surface area contributed by atoms with Gasteiger partial charge in [0, 0.05) is 66.1 Å². The van der Waals surface area contributed by atoms with Gasteiger partial charge in [0.1, 0.15) is 23.2 Å². The van der Waals surface area contributed by atoms with Crippen LogP contribution in [0.4, 0.5) is 9.18 Å². The van der Waals surface area contributed by atoms with Gasteiger partial charge in [-0.2, -0.15) is 0 Å². The van der Waals surface area contributed by atoms with Crippen molar-refractivity contribution < 1.29 is 33.4 Å². The van der Waals surface area contributed by atoms with Crippen LogP contribution in [0.1, 0.15) is 32.5 Å². The number of hydrogen-bond acceptors (Lipinski definition) is 10. The number of aromatic carboxylic acids is 1. The Labute approximate surface area is 284 Å². The third kappa shape index (κ3) is 6.70. The SMILES string of the molecule is COC(=O)C1=C(CN2CCN3C(=O)N(CC#Cc4ccc(C(=O)O)c(OC)c4)CC3C2)NC(c2nccs2)=NC1c1ccc(F)cc1Cl. The van der Waals surface area contributed by atoms with Crippen molar-refractivity contribution >= 4 is 46.7 Å². The van der Waals surface area contributed by atoms with Gasteiger partial charge in [-0.15, -0.1) is 11.3 Å². The summed E-state index contributed by atoms with van der Waals surface area (Å²) in [6.07, 6.45) is 1.65. The van der Waals surface area contributed by atoms with Crippen LogP contribution in [0.15, 0.2) is 64.2 Å². The van der Waals surface area contributed by atoms with Gasteiger partial charge in [-0.3, -0.25) is 9.89 Å². The summed E-state index contributed by atoms with van der Waals surface area (Å²) >= 11 is 7.85. The zero-order valence-corrected chi connectivity index (χ0v) is 27.5. The Morgan fingerprint density at radius 2 is 2.02 bits per heavy atom. The lowest BCUT2D eigenvalue weighted by Crippen LogP contribution is -2.53. The second-order valence-corrected chi connectivity index (χ2v) is 12.5. The van der Waals surface area contributed by atoms with Gasteiger partial charge in [0.15, 0.2) is 10.8 Å². The number of amidine groups is 1. The van der Waals surface area contributed by atoms with E-state index in [2.05, 4.69) is 27.0 Å². The number of rotatable bonds is 8. The fourth-order valence-corrected chi connectivity index (χ4v) is 6.85. The van der Waals surface area contributed by atoms with Crippen molar-refractivity contribution in [2.45, 2.75) is 12.1 Å². The lowest BCUT2D eigenvalue weighted by atomic mass is 9.95. The maximum atomic E-state index is 14.0. The maximum Gasteiger partial charge on any atom is 0.339 e. The van der Waals surface area contributed by atoms with Crippen LogP contribution in [-0.2, 0) is 9.53 Å². The van der Waals surface area contributed by atoms with Crippen LogP contribution in [0.25, 0.3) is 0 Å². The number of nitrogens with zero attached hydrogens (tertiary/aromatic N) is 5. The first-order valence-corrected chi connectivity index (χ1v) is 16.1. The lowest BCUT2D eigenvalue weighted by molar-refractivity contribution is -0.136. The van der Waals surface area contributed by atoms with E-state index in [0.29, 0.717) is 60.4 Å². The number of carbonyl (C=O) groups excluding carboxylic acids is 2. The van der Waals surface area contributed by atoms with Crippen molar-refractivity contribution in [3.8, 4) is 17.6 Å². The number of fused-ring (bicyclic) bond motifs is 1. The molecule has 0 bridgehead atoms. The lowest BCUT2D eigenvalue weighted by Gasteiger charge is -2.38. The molecule has 12 nitrogen and oxygen atoms in total. The molecule has 3 aromatic rings. The summed E-state index contributed by atoms with van der Waals surface area (Å²) in [7, 11) is 2.68. The second kappa shape index (κ2) is 14.0. The van der Waals surface area contributed by atoms with E-state index in [1.807, 2.05) is 10.3 Å². The number of aromatic nitrogens is 1. The first-order chi connectivity index (χ1) is 23.2. The minimum absolute atomic E-state index is 0.0403. The van der Waals surface area contributed by atoms with E-state index in [0.717, 1.165) is 0 Å². The number of methoxy groups -OCH3 is 2. The summed E-state index contributed by atoms with van der Waals surface area (Å²) < 4.78 is 24.3. The molecule has 2 fully saturated rings. The van der Waals surface area contributed by atoms with Crippen molar-refractivity contribution in [1.82, 2.24) is 25.0 Å². The van der Waals surface area contributed by atoms with E-state index in [1.165, 1.54) is 49.8 Å². The summed E-state index contributed by atoms with van der Waals surface area (Å²) in [5.41, 5.74) is 1.87. The van der Waals surface area contributed by atoms with Gasteiger partial charge in [-0.1, -0.05) is 29.5 Å². The Morgan fingerprint density at radius 3 is 2.73 bits per heavy atom. The Morgan fingerprint density at radius 1 is 1.19 bits per heavy atom. The fourth-order valence-electron chi connectivity index (χ4n) is 5.99. The summed E-state index contributed by atoms with van der Waals surface area (Å²) in [5, 5.41) is 15.2. The highest BCUT2D eigenvalue weighted by Crippen LogP contribution is 2.37. The topological polar surface area (TPSA) is 137 Å². The number of carboxylic acids is 1. The van der Waals surface area contributed by atoms with Gasteiger partial charge >= 0.3 is 18.0 Å². The minimum Gasteiger partial charge on any atom is -0.496 e. The van der Waals surface area contributed by atoms with Crippen LogP contribution in [0.5, 0.6) is 5.75 Å². The highest BCUT2D eigenvalue weighted by molar-refractivity contribution is 7.11. The first-order valence-electron chi connectivity index (χ1n) is 14.9. The molecule has 6 rings (SSSR count). The quantitative estimate of drug-likeness (QED) is 0.268. The van der Waals surface area contributed by atoms with Crippen LogP contribution in [0, 0.1) is 17.7 Å². The van der Waals surface area contributed by atoms with Crippen LogP contribution in [0.2, 0.25) is 5.02 Å². The van der Waals surface area contributed by atoms with E-state index in [-0.39, 0.29) is 40.5 Å². The number of halogens is 2. The molecular formula is C33H30ClFN6O6S. The molecule has 0 saturated carbocycles. The number of thiazole rings is 1. The van der Waals surface area contributed by atoms with Gasteiger partial charge in [-0.25, -0.2) is 23.8 Å². The number of piperazine rings is 1. The zero-order chi connectivity index (χ0) is 33.9. The maximum absolute atomic E-state index is 14.0. The molecule has 2 aromatic carbocycles. The number of aliphatic imine (C=N–C) groups is 1. The van der Waals surface area contributed by atoms with E-state index < -0.39 is 23.8 Å². The highest BCUT2D eigenvalue weighted by Gasteiger charge is 2.41. The minimum atomic E-state index is -1.10. The van der Waals surface area contributed by atoms with Gasteiger partial charge in [0.25, 0.3) is 0 Å². The van der Waals surface area contributed by atoms with Crippen LogP contribution in [-0.4, -0.2) is 108 Å². The Bertz CT molecular complexity index is 1890. The third-order valence-corrected chi connectivity index (χ3v) is 9.36. The molecule has 2 amide bonds. The molecule has 2 N–H and O–H groups in total. The third-order valence-electron chi connectivity index (χ3n) is 8.25. The van der Waals surface area contributed by atoms with Gasteiger partial charge in [-0.05, 0) is 30.3 Å². The van der Waals surface area contributed by atoms with Gasteiger partial charge in [0.05, 0.1) is 32.4 Å². The van der Waals surface area contributed by atoms with Crippen molar-refractivity contribution in [2.24, 2.45) is 4.99 Å². The molecular weight excluding hydrogens is 663 g/mol. The Balaban J connectivity index is 1.20. The van der Waals surface area contributed by atoms with E-state index >= 15 is 0 Å². The first kappa shape index (κ1) is 33.0. The molecule has 4 heterocycles. The molecule has 248 valence electrons. The number of carboxylic acid groups (broad SMARTS) is 1. The normalized spacial score (nSPS) is 19.2. The molecule has 2 atom stereocenters. The predicted octanol–water partition coefficient (Wildman–Crippen LogP) is 3.63. The monoisotopic (exact) mass is 692 g/mol. The van der Waals surface area contributed by atoms with Crippen LogP contribution < -0.4 is 10.1 Å². The van der Waals surface area contributed by atoms with Gasteiger partial charge < -0.3 is 29.7 Å². The Kier molecular flexibility index (Phi) is 9.63. The number of ether oxygens (including phenoxy) is 2. The van der Waals surface area contributed by atoms with Crippen molar-refractivity contribution in [3.05, 3.63) is 91.8 Å². The molecule has 1 aromatic heterocycles. The molecule has 15 heteroatoms. The molecule has 3 aliphatic heterocycles. The smallest absolute Gasteiger partial charge is 0.339 e. The summed E-state index contributed by atoms with van der Waals surface area (Å²) in [6.45, 7) is 2.53. The summed E-state index contributed by atoms with van der Waals surface area (Å²) in [6, 6.07) is 7.47. The molecule has 0 spiro atoms. The molecule has 3 aliphatic rings. The van der Waals surface area contributed by atoms with Crippen molar-refractivity contribution in [2.75, 3.05) is 53.5 Å². The number of amides is 2. The van der Waals surface area contributed by atoms with Crippen LogP contribution in [0.3, 0.4) is 0 Å². The van der Waals surface area contributed by atoms with Crippen molar-refractivity contribution in [1.29, 1.82) is 0 Å².